The molecule has 1 aromatic heterocycles. The molecule has 1 fully saturated rings. The van der Waals surface area contributed by atoms with Crippen molar-refractivity contribution < 1.29 is 14.7 Å². The van der Waals surface area contributed by atoms with Crippen LogP contribution in [0.3, 0.4) is 0 Å². The van der Waals surface area contributed by atoms with Crippen molar-refractivity contribution in [2.45, 2.75) is 13.0 Å². The van der Waals surface area contributed by atoms with Crippen molar-refractivity contribution in [2.75, 3.05) is 11.6 Å². The molecule has 0 bridgehead atoms. The Morgan fingerprint density at radius 2 is 2.33 bits per heavy atom. The largest absolute Gasteiger partial charge is 0.480 e. The number of hydrogen-bond donors (Lipinski definition) is 1. The van der Waals surface area contributed by atoms with E-state index in [1.54, 1.807) is 13.0 Å². The highest BCUT2D eigenvalue weighted by molar-refractivity contribution is 7.99. The number of amides is 1. The molecule has 1 aliphatic heterocycles. The van der Waals surface area contributed by atoms with Crippen LogP contribution < -0.4 is 0 Å². The third kappa shape index (κ3) is 2.44. The summed E-state index contributed by atoms with van der Waals surface area (Å²) in [4.78, 5) is 28.6. The number of halogens is 1. The maximum absolute atomic E-state index is 12.2. The molecule has 1 amide bonds. The van der Waals surface area contributed by atoms with E-state index < -0.39 is 12.0 Å². The number of nitrogens with zero attached hydrogens (tertiary/aromatic N) is 2. The second-order valence-electron chi connectivity index (χ2n) is 3.93. The Kier molecular flexibility index (Phi) is 3.77. The molecule has 0 saturated carbocycles. The number of pyridine rings is 1. The zero-order chi connectivity index (χ0) is 13.3. The summed E-state index contributed by atoms with van der Waals surface area (Å²) < 4.78 is 0. The first kappa shape index (κ1) is 13.2. The van der Waals surface area contributed by atoms with Gasteiger partial charge in [0.2, 0.25) is 0 Å². The molecule has 96 valence electrons. The van der Waals surface area contributed by atoms with Crippen molar-refractivity contribution in [3.05, 3.63) is 28.5 Å². The summed E-state index contributed by atoms with van der Waals surface area (Å²) in [5.41, 5.74) is 0.957. The Balaban J connectivity index is 2.28. The summed E-state index contributed by atoms with van der Waals surface area (Å²) in [5, 5.41) is 9.34. The van der Waals surface area contributed by atoms with E-state index in [0.29, 0.717) is 22.3 Å². The van der Waals surface area contributed by atoms with Crippen LogP contribution in [0.4, 0.5) is 0 Å². The van der Waals surface area contributed by atoms with Gasteiger partial charge in [-0.15, -0.1) is 11.8 Å². The molecule has 0 unspecified atom stereocenters. The first-order valence-corrected chi connectivity index (χ1v) is 6.77. The second-order valence-corrected chi connectivity index (χ2v) is 5.34. The van der Waals surface area contributed by atoms with Crippen LogP contribution in [-0.4, -0.2) is 44.5 Å². The van der Waals surface area contributed by atoms with Crippen LogP contribution in [0.5, 0.6) is 0 Å². The normalized spacial score (nSPS) is 19.0. The van der Waals surface area contributed by atoms with Crippen molar-refractivity contribution in [2.24, 2.45) is 0 Å². The molecule has 1 aliphatic rings. The summed E-state index contributed by atoms with van der Waals surface area (Å²) in [6.45, 7) is 1.77. The predicted octanol–water partition coefficient (Wildman–Crippen LogP) is 1.64. The van der Waals surface area contributed by atoms with Gasteiger partial charge >= 0.3 is 5.97 Å². The number of thioether (sulfide) groups is 1. The van der Waals surface area contributed by atoms with Crippen LogP contribution in [-0.2, 0) is 4.79 Å². The number of aryl methyl sites for hydroxylation is 1. The van der Waals surface area contributed by atoms with E-state index in [2.05, 4.69) is 4.98 Å². The van der Waals surface area contributed by atoms with E-state index in [1.165, 1.54) is 22.9 Å². The highest BCUT2D eigenvalue weighted by atomic mass is 35.5. The first-order chi connectivity index (χ1) is 8.50. The third-order valence-electron chi connectivity index (χ3n) is 2.65. The zero-order valence-electron chi connectivity index (χ0n) is 9.59. The minimum absolute atomic E-state index is 0.246. The van der Waals surface area contributed by atoms with E-state index in [0.717, 1.165) is 0 Å². The molecule has 1 saturated heterocycles. The molecule has 5 nitrogen and oxygen atoms in total. The second kappa shape index (κ2) is 5.16. The van der Waals surface area contributed by atoms with Crippen LogP contribution >= 0.6 is 23.4 Å². The summed E-state index contributed by atoms with van der Waals surface area (Å²) in [6, 6.07) is 0.799. The maximum Gasteiger partial charge on any atom is 0.327 e. The molecule has 1 aromatic rings. The topological polar surface area (TPSA) is 70.5 Å². The van der Waals surface area contributed by atoms with Crippen LogP contribution in [0.1, 0.15) is 16.1 Å². The van der Waals surface area contributed by atoms with E-state index >= 15 is 0 Å². The molecular formula is C11H11ClN2O3S. The number of carbonyl (C=O) groups is 2. The van der Waals surface area contributed by atoms with Crippen LogP contribution in [0.15, 0.2) is 12.3 Å². The van der Waals surface area contributed by atoms with Gasteiger partial charge in [0.1, 0.15) is 6.04 Å². The lowest BCUT2D eigenvalue weighted by Crippen LogP contribution is -2.41. The van der Waals surface area contributed by atoms with E-state index in [4.69, 9.17) is 16.7 Å². The number of aliphatic carboxylic acids is 1. The van der Waals surface area contributed by atoms with Crippen LogP contribution in [0.2, 0.25) is 5.02 Å². The van der Waals surface area contributed by atoms with Gasteiger partial charge in [0.05, 0.1) is 16.5 Å². The lowest BCUT2D eigenvalue weighted by molar-refractivity contribution is -0.140. The molecule has 2 rings (SSSR count). The highest BCUT2D eigenvalue weighted by Crippen LogP contribution is 2.25. The SMILES string of the molecule is Cc1cc(Cl)c(C(=O)N2CSC[C@H]2C(=O)O)cn1. The number of aromatic nitrogens is 1. The summed E-state index contributed by atoms with van der Waals surface area (Å²) in [5.74, 6) is -0.618. The van der Waals surface area contributed by atoms with Gasteiger partial charge in [-0.3, -0.25) is 9.78 Å². The van der Waals surface area contributed by atoms with Crippen molar-refractivity contribution >= 4 is 35.2 Å². The van der Waals surface area contributed by atoms with Crippen molar-refractivity contribution in [3.63, 3.8) is 0 Å². The minimum Gasteiger partial charge on any atom is -0.480 e. The lowest BCUT2D eigenvalue weighted by atomic mass is 10.2. The monoisotopic (exact) mass is 286 g/mol. The van der Waals surface area contributed by atoms with E-state index in [1.807, 2.05) is 0 Å². The minimum atomic E-state index is -0.996. The van der Waals surface area contributed by atoms with Gasteiger partial charge in [0, 0.05) is 17.6 Å². The fraction of sp³-hybridized carbons (Fsp3) is 0.364. The number of carboxylic acid groups (broad SMARTS) is 1. The van der Waals surface area contributed by atoms with Gasteiger partial charge in [0.15, 0.2) is 0 Å². The standard InChI is InChI=1S/C11H11ClN2O3S/c1-6-2-8(12)7(3-13-6)10(15)14-5-18-4-9(14)11(16)17/h2-3,9H,4-5H2,1H3,(H,16,17)/t9-/m0/s1. The smallest absolute Gasteiger partial charge is 0.327 e. The molecule has 0 aliphatic carbocycles. The number of carbonyl (C=O) groups excluding carboxylic acids is 1. The van der Waals surface area contributed by atoms with E-state index in [-0.39, 0.29) is 11.5 Å². The van der Waals surface area contributed by atoms with Crippen molar-refractivity contribution in [1.29, 1.82) is 0 Å². The summed E-state index contributed by atoms with van der Waals surface area (Å²) in [6.07, 6.45) is 1.39. The number of carboxylic acids is 1. The molecule has 0 aromatic carbocycles. The van der Waals surface area contributed by atoms with Gasteiger partial charge in [-0.1, -0.05) is 11.6 Å². The van der Waals surface area contributed by atoms with Gasteiger partial charge in [0.25, 0.3) is 5.91 Å². The van der Waals surface area contributed by atoms with Crippen LogP contribution in [0, 0.1) is 6.92 Å². The average Bonchev–Trinajstić information content (AvgIpc) is 2.77. The molecule has 0 spiro atoms. The fourth-order valence-electron chi connectivity index (χ4n) is 1.69. The van der Waals surface area contributed by atoms with Gasteiger partial charge < -0.3 is 10.0 Å². The van der Waals surface area contributed by atoms with Crippen LogP contribution in [0.25, 0.3) is 0 Å². The Morgan fingerprint density at radius 1 is 1.61 bits per heavy atom. The number of rotatable bonds is 2. The Labute approximate surface area is 113 Å². The summed E-state index contributed by atoms with van der Waals surface area (Å²) >= 11 is 7.40. The lowest BCUT2D eigenvalue weighted by Gasteiger charge is -2.20. The number of hydrogen-bond acceptors (Lipinski definition) is 4. The molecule has 1 atom stereocenters. The molecule has 1 N–H and O–H groups in total. The molecule has 7 heteroatoms. The van der Waals surface area contributed by atoms with E-state index in [9.17, 15) is 9.59 Å². The summed E-state index contributed by atoms with van der Waals surface area (Å²) in [7, 11) is 0. The highest BCUT2D eigenvalue weighted by Gasteiger charge is 2.35. The quantitative estimate of drug-likeness (QED) is 0.895. The zero-order valence-corrected chi connectivity index (χ0v) is 11.2. The molecular weight excluding hydrogens is 276 g/mol. The fourth-order valence-corrected chi connectivity index (χ4v) is 3.12. The average molecular weight is 287 g/mol. The van der Waals surface area contributed by atoms with Crippen molar-refractivity contribution in [1.82, 2.24) is 9.88 Å². The molecule has 2 heterocycles. The van der Waals surface area contributed by atoms with Gasteiger partial charge in [-0.05, 0) is 13.0 Å². The first-order valence-electron chi connectivity index (χ1n) is 5.24. The van der Waals surface area contributed by atoms with Gasteiger partial charge in [-0.25, -0.2) is 4.79 Å². The maximum atomic E-state index is 12.2. The predicted molar refractivity (Wildman–Crippen MR) is 68.9 cm³/mol. The third-order valence-corrected chi connectivity index (χ3v) is 3.97. The molecule has 18 heavy (non-hydrogen) atoms. The Hall–Kier alpha value is -1.27. The Bertz CT molecular complexity index is 509. The van der Waals surface area contributed by atoms with Crippen molar-refractivity contribution in [3.8, 4) is 0 Å². The van der Waals surface area contributed by atoms with Gasteiger partial charge in [-0.2, -0.15) is 0 Å². The Morgan fingerprint density at radius 3 is 2.94 bits per heavy atom. The molecule has 0 radical (unpaired) electrons.